The fraction of sp³-hybridized carbons (Fsp3) is 0.348. The number of likely N-dealkylation sites (tertiary alicyclic amines) is 1. The van der Waals surface area contributed by atoms with Crippen LogP contribution in [0.5, 0.6) is 0 Å². The van der Waals surface area contributed by atoms with E-state index in [0.717, 1.165) is 28.2 Å². The number of nitrogens with one attached hydrogen (secondary N) is 1. The van der Waals surface area contributed by atoms with Crippen molar-refractivity contribution in [2.75, 3.05) is 43.5 Å². The molecule has 2 aromatic carbocycles. The highest BCUT2D eigenvalue weighted by atomic mass is 32.1. The van der Waals surface area contributed by atoms with Crippen LogP contribution in [0.15, 0.2) is 48.5 Å². The Morgan fingerprint density at radius 3 is 2.90 bits per heavy atom. The first-order valence-electron chi connectivity index (χ1n) is 10.4. The van der Waals surface area contributed by atoms with Gasteiger partial charge in [-0.3, -0.25) is 9.59 Å². The molecule has 1 fully saturated rings. The number of carbonyl (C=O) groups excluding carboxylic acids is 2. The Morgan fingerprint density at radius 1 is 1.26 bits per heavy atom. The average Bonchev–Trinajstić information content (AvgIpc) is 3.23. The van der Waals surface area contributed by atoms with Crippen molar-refractivity contribution in [2.24, 2.45) is 5.92 Å². The molecule has 162 valence electrons. The fourth-order valence-electron chi connectivity index (χ4n) is 3.82. The Balaban J connectivity index is 1.38. The molecule has 0 bridgehead atoms. The standard InChI is InChI=1S/C23H26N4O3S/c1-26(23-25-19-9-2-3-10-20(19)31-23)14-21(29)24-18-8-4-7-17(12-18)22(30)27-11-5-6-16(13-27)15-28/h2-4,7-10,12,16,28H,5-6,11,13-15H2,1H3,(H,24,29). The predicted molar refractivity (Wildman–Crippen MR) is 124 cm³/mol. The number of piperidine rings is 1. The Bertz CT molecular complexity index is 1050. The lowest BCUT2D eigenvalue weighted by Crippen LogP contribution is -2.41. The number of nitrogens with zero attached hydrogens (tertiary/aromatic N) is 3. The van der Waals surface area contributed by atoms with E-state index in [1.165, 1.54) is 0 Å². The molecule has 0 saturated carbocycles. The first-order chi connectivity index (χ1) is 15.0. The van der Waals surface area contributed by atoms with Crippen LogP contribution in [-0.4, -0.2) is 60.1 Å². The highest BCUT2D eigenvalue weighted by Gasteiger charge is 2.24. The summed E-state index contributed by atoms with van der Waals surface area (Å²) in [5, 5.41) is 13.1. The van der Waals surface area contributed by atoms with E-state index in [9.17, 15) is 14.7 Å². The van der Waals surface area contributed by atoms with E-state index < -0.39 is 0 Å². The Morgan fingerprint density at radius 2 is 2.10 bits per heavy atom. The second-order valence-corrected chi connectivity index (χ2v) is 8.90. The molecule has 2 amide bonds. The molecule has 1 saturated heterocycles. The van der Waals surface area contributed by atoms with Gasteiger partial charge < -0.3 is 20.2 Å². The molecule has 1 aliphatic rings. The maximum absolute atomic E-state index is 12.9. The molecule has 3 aromatic rings. The Kier molecular flexibility index (Phi) is 6.48. The van der Waals surface area contributed by atoms with Gasteiger partial charge in [0.15, 0.2) is 5.13 Å². The fourth-order valence-corrected chi connectivity index (χ4v) is 4.74. The molecular formula is C23H26N4O3S. The Hall–Kier alpha value is -2.97. The number of amides is 2. The molecular weight excluding hydrogens is 412 g/mol. The molecule has 2 heterocycles. The maximum atomic E-state index is 12.9. The number of benzene rings is 2. The summed E-state index contributed by atoms with van der Waals surface area (Å²) < 4.78 is 1.08. The summed E-state index contributed by atoms with van der Waals surface area (Å²) >= 11 is 1.54. The van der Waals surface area contributed by atoms with E-state index >= 15 is 0 Å². The molecule has 0 radical (unpaired) electrons. The third-order valence-corrected chi connectivity index (χ3v) is 6.60. The minimum absolute atomic E-state index is 0.0687. The number of anilines is 2. The third-order valence-electron chi connectivity index (χ3n) is 5.45. The number of aliphatic hydroxyl groups is 1. The molecule has 4 rings (SSSR count). The number of hydrogen-bond acceptors (Lipinski definition) is 6. The summed E-state index contributed by atoms with van der Waals surface area (Å²) in [6.45, 7) is 1.52. The molecule has 1 atom stereocenters. The number of fused-ring (bicyclic) bond motifs is 1. The highest BCUT2D eigenvalue weighted by Crippen LogP contribution is 2.27. The largest absolute Gasteiger partial charge is 0.396 e. The SMILES string of the molecule is CN(CC(=O)Nc1cccc(C(=O)N2CCCC(CO)C2)c1)c1nc2ccccc2s1. The molecule has 0 spiro atoms. The topological polar surface area (TPSA) is 85.8 Å². The van der Waals surface area contributed by atoms with Crippen molar-refractivity contribution in [3.63, 3.8) is 0 Å². The van der Waals surface area contributed by atoms with Gasteiger partial charge in [-0.1, -0.05) is 29.5 Å². The van der Waals surface area contributed by atoms with Gasteiger partial charge in [0.1, 0.15) is 0 Å². The lowest BCUT2D eigenvalue weighted by Gasteiger charge is -2.32. The predicted octanol–water partition coefficient (Wildman–Crippen LogP) is 3.22. The monoisotopic (exact) mass is 438 g/mol. The number of rotatable bonds is 6. The normalized spacial score (nSPS) is 16.3. The summed E-state index contributed by atoms with van der Waals surface area (Å²) in [5.74, 6) is -0.107. The van der Waals surface area contributed by atoms with E-state index in [1.54, 1.807) is 40.5 Å². The van der Waals surface area contributed by atoms with Crippen LogP contribution < -0.4 is 10.2 Å². The van der Waals surface area contributed by atoms with E-state index in [2.05, 4.69) is 10.3 Å². The summed E-state index contributed by atoms with van der Waals surface area (Å²) in [7, 11) is 1.84. The van der Waals surface area contributed by atoms with Crippen molar-refractivity contribution in [1.29, 1.82) is 0 Å². The van der Waals surface area contributed by atoms with Gasteiger partial charge in [-0.25, -0.2) is 4.98 Å². The zero-order valence-electron chi connectivity index (χ0n) is 17.5. The summed E-state index contributed by atoms with van der Waals surface area (Å²) in [6.07, 6.45) is 1.84. The van der Waals surface area contributed by atoms with Crippen molar-refractivity contribution in [2.45, 2.75) is 12.8 Å². The van der Waals surface area contributed by atoms with Crippen LogP contribution in [0.3, 0.4) is 0 Å². The van der Waals surface area contributed by atoms with Gasteiger partial charge in [-0.2, -0.15) is 0 Å². The maximum Gasteiger partial charge on any atom is 0.253 e. The van der Waals surface area contributed by atoms with Gasteiger partial charge in [-0.05, 0) is 49.1 Å². The van der Waals surface area contributed by atoms with Crippen LogP contribution in [0.2, 0.25) is 0 Å². The zero-order valence-corrected chi connectivity index (χ0v) is 18.3. The number of hydrogen-bond donors (Lipinski definition) is 2. The molecule has 1 unspecified atom stereocenters. The van der Waals surface area contributed by atoms with Gasteiger partial charge in [0.2, 0.25) is 5.91 Å². The van der Waals surface area contributed by atoms with Gasteiger partial charge in [-0.15, -0.1) is 0 Å². The Labute approximate surface area is 185 Å². The van der Waals surface area contributed by atoms with Crippen molar-refractivity contribution < 1.29 is 14.7 Å². The number of likely N-dealkylation sites (N-methyl/N-ethyl adjacent to an activating group) is 1. The molecule has 0 aliphatic carbocycles. The zero-order chi connectivity index (χ0) is 21.8. The number of thiazole rings is 1. The van der Waals surface area contributed by atoms with E-state index in [4.69, 9.17) is 0 Å². The summed E-state index contributed by atoms with van der Waals surface area (Å²) in [4.78, 5) is 33.6. The van der Waals surface area contributed by atoms with Crippen molar-refractivity contribution in [3.05, 3.63) is 54.1 Å². The van der Waals surface area contributed by atoms with E-state index in [-0.39, 0.29) is 30.9 Å². The summed E-state index contributed by atoms with van der Waals surface area (Å²) in [6, 6.07) is 14.9. The van der Waals surface area contributed by atoms with Gasteiger partial charge in [0.25, 0.3) is 5.91 Å². The molecule has 1 aliphatic heterocycles. The molecule has 8 heteroatoms. The first kappa shape index (κ1) is 21.3. The van der Waals surface area contributed by atoms with E-state index in [0.29, 0.717) is 24.3 Å². The highest BCUT2D eigenvalue weighted by molar-refractivity contribution is 7.22. The average molecular weight is 439 g/mol. The van der Waals surface area contributed by atoms with Crippen molar-refractivity contribution in [3.8, 4) is 0 Å². The van der Waals surface area contributed by atoms with Crippen LogP contribution in [0, 0.1) is 5.92 Å². The molecule has 2 N–H and O–H groups in total. The van der Waals surface area contributed by atoms with Crippen LogP contribution in [0.25, 0.3) is 10.2 Å². The minimum Gasteiger partial charge on any atom is -0.396 e. The number of para-hydroxylation sites is 1. The van der Waals surface area contributed by atoms with Gasteiger partial charge >= 0.3 is 0 Å². The van der Waals surface area contributed by atoms with Crippen LogP contribution in [0.1, 0.15) is 23.2 Å². The van der Waals surface area contributed by atoms with Crippen molar-refractivity contribution in [1.82, 2.24) is 9.88 Å². The molecule has 1 aromatic heterocycles. The number of aromatic nitrogens is 1. The number of carbonyl (C=O) groups is 2. The summed E-state index contributed by atoms with van der Waals surface area (Å²) in [5.41, 5.74) is 2.04. The quantitative estimate of drug-likeness (QED) is 0.617. The third kappa shape index (κ3) is 5.03. The number of aliphatic hydroxyl groups excluding tert-OH is 1. The minimum atomic E-state index is -0.176. The molecule has 31 heavy (non-hydrogen) atoms. The smallest absolute Gasteiger partial charge is 0.253 e. The van der Waals surface area contributed by atoms with Crippen LogP contribution >= 0.6 is 11.3 Å². The van der Waals surface area contributed by atoms with E-state index in [1.807, 2.05) is 36.2 Å². The lowest BCUT2D eigenvalue weighted by molar-refractivity contribution is -0.114. The van der Waals surface area contributed by atoms with Crippen LogP contribution in [-0.2, 0) is 4.79 Å². The lowest BCUT2D eigenvalue weighted by atomic mass is 9.98. The van der Waals surface area contributed by atoms with Gasteiger partial charge in [0.05, 0.1) is 16.8 Å². The van der Waals surface area contributed by atoms with Gasteiger partial charge in [0, 0.05) is 38.0 Å². The second-order valence-electron chi connectivity index (χ2n) is 7.89. The molecule has 7 nitrogen and oxygen atoms in total. The second kappa shape index (κ2) is 9.45. The van der Waals surface area contributed by atoms with Crippen LogP contribution in [0.4, 0.5) is 10.8 Å². The first-order valence-corrected chi connectivity index (χ1v) is 11.2. The van der Waals surface area contributed by atoms with Crippen molar-refractivity contribution >= 4 is 44.2 Å².